The van der Waals surface area contributed by atoms with Gasteiger partial charge in [-0.2, -0.15) is 0 Å². The van der Waals surface area contributed by atoms with Crippen LogP contribution in [0.3, 0.4) is 0 Å². The van der Waals surface area contributed by atoms with Crippen molar-refractivity contribution in [2.75, 3.05) is 20.1 Å². The number of rotatable bonds is 11. The molecule has 10 heteroatoms. The van der Waals surface area contributed by atoms with Crippen molar-refractivity contribution in [1.29, 1.82) is 0 Å². The van der Waals surface area contributed by atoms with Crippen molar-refractivity contribution in [3.05, 3.63) is 83.1 Å². The van der Waals surface area contributed by atoms with Crippen LogP contribution >= 0.6 is 11.6 Å². The standard InChI is InChI=1S/C31H40ClN5O4/c1-21(33-5)28(39)35-27(31(2,3)4)29(40)34-20-26(38)37-18-17-36(16-15-22-9-7-6-8-10-22)30(41)25(37)19-23-11-13-24(32)14-12-23/h6-14,17-18,21,25,27,33H,15-16,19-20H2,1-5H3,(H,34,40)(H,35,39)/t21-,25-,27+/m0/s1. The molecule has 220 valence electrons. The van der Waals surface area contributed by atoms with Gasteiger partial charge in [0, 0.05) is 30.4 Å². The number of hydrogen-bond donors (Lipinski definition) is 3. The highest BCUT2D eigenvalue weighted by Gasteiger charge is 2.37. The fourth-order valence-electron chi connectivity index (χ4n) is 4.44. The highest BCUT2D eigenvalue weighted by molar-refractivity contribution is 6.30. The van der Waals surface area contributed by atoms with Crippen molar-refractivity contribution in [2.24, 2.45) is 5.41 Å². The van der Waals surface area contributed by atoms with Crippen molar-refractivity contribution < 1.29 is 19.2 Å². The number of hydrogen-bond acceptors (Lipinski definition) is 5. The van der Waals surface area contributed by atoms with Crippen LogP contribution in [-0.4, -0.2) is 71.7 Å². The van der Waals surface area contributed by atoms with Gasteiger partial charge in [0.1, 0.15) is 12.1 Å². The van der Waals surface area contributed by atoms with Gasteiger partial charge in [0.15, 0.2) is 0 Å². The number of carbonyl (C=O) groups excluding carboxylic acids is 4. The lowest BCUT2D eigenvalue weighted by Gasteiger charge is -2.36. The molecule has 0 aliphatic carbocycles. The molecule has 3 atom stereocenters. The summed E-state index contributed by atoms with van der Waals surface area (Å²) in [4.78, 5) is 55.7. The Labute approximate surface area is 247 Å². The van der Waals surface area contributed by atoms with Crippen molar-refractivity contribution in [3.8, 4) is 0 Å². The Balaban J connectivity index is 1.75. The second kappa shape index (κ2) is 14.3. The molecule has 0 saturated heterocycles. The lowest BCUT2D eigenvalue weighted by molar-refractivity contribution is -0.143. The molecular weight excluding hydrogens is 542 g/mol. The molecule has 4 amide bonds. The monoisotopic (exact) mass is 581 g/mol. The zero-order chi connectivity index (χ0) is 30.2. The normalized spacial score (nSPS) is 16.7. The van der Waals surface area contributed by atoms with E-state index in [0.717, 1.165) is 11.1 Å². The molecule has 1 aliphatic heterocycles. The molecule has 0 bridgehead atoms. The van der Waals surface area contributed by atoms with Crippen molar-refractivity contribution in [1.82, 2.24) is 25.8 Å². The van der Waals surface area contributed by atoms with E-state index >= 15 is 0 Å². The van der Waals surface area contributed by atoms with E-state index in [2.05, 4.69) is 16.0 Å². The topological polar surface area (TPSA) is 111 Å². The zero-order valence-corrected chi connectivity index (χ0v) is 25.1. The number of carbonyl (C=O) groups is 4. The van der Waals surface area contributed by atoms with Crippen LogP contribution in [0.4, 0.5) is 0 Å². The number of likely N-dealkylation sites (N-methyl/N-ethyl adjacent to an activating group) is 1. The van der Waals surface area contributed by atoms with Crippen LogP contribution < -0.4 is 16.0 Å². The average Bonchev–Trinajstić information content (AvgIpc) is 2.95. The highest BCUT2D eigenvalue weighted by Crippen LogP contribution is 2.21. The second-order valence-electron chi connectivity index (χ2n) is 11.2. The van der Waals surface area contributed by atoms with E-state index in [4.69, 9.17) is 11.6 Å². The Morgan fingerprint density at radius 1 is 0.951 bits per heavy atom. The van der Waals surface area contributed by atoms with Crippen molar-refractivity contribution in [3.63, 3.8) is 0 Å². The van der Waals surface area contributed by atoms with E-state index in [9.17, 15) is 19.2 Å². The number of amides is 4. The largest absolute Gasteiger partial charge is 0.345 e. The minimum absolute atomic E-state index is 0.209. The van der Waals surface area contributed by atoms with Gasteiger partial charge in [0.25, 0.3) is 0 Å². The molecule has 0 aromatic heterocycles. The van der Waals surface area contributed by atoms with Crippen molar-refractivity contribution >= 4 is 35.2 Å². The van der Waals surface area contributed by atoms with E-state index < -0.39 is 35.4 Å². The van der Waals surface area contributed by atoms with Gasteiger partial charge in [-0.05, 0) is 49.1 Å². The lowest BCUT2D eigenvalue weighted by atomic mass is 9.86. The number of halogens is 1. The maximum atomic E-state index is 13.6. The second-order valence-corrected chi connectivity index (χ2v) is 11.7. The molecule has 2 aromatic rings. The Hall–Kier alpha value is -3.69. The first-order valence-electron chi connectivity index (χ1n) is 13.7. The SMILES string of the molecule is CN[C@@H](C)C(=O)N[C@H](C(=O)NCC(=O)N1C=CN(CCc2ccccc2)C(=O)[C@@H]1Cc1ccc(Cl)cc1)C(C)(C)C. The van der Waals surface area contributed by atoms with Crippen LogP contribution in [0.25, 0.3) is 0 Å². The first-order valence-corrected chi connectivity index (χ1v) is 14.1. The molecular formula is C31H40ClN5O4. The van der Waals surface area contributed by atoms with Gasteiger partial charge >= 0.3 is 0 Å². The minimum atomic E-state index is -0.865. The van der Waals surface area contributed by atoms with Crippen LogP contribution in [-0.2, 0) is 32.0 Å². The van der Waals surface area contributed by atoms with Gasteiger partial charge in [-0.25, -0.2) is 0 Å². The summed E-state index contributed by atoms with van der Waals surface area (Å²) in [5.74, 6) is -1.45. The molecule has 41 heavy (non-hydrogen) atoms. The lowest BCUT2D eigenvalue weighted by Crippen LogP contribution is -2.58. The van der Waals surface area contributed by atoms with Gasteiger partial charge in [0.2, 0.25) is 23.6 Å². The Morgan fingerprint density at radius 2 is 1.61 bits per heavy atom. The molecule has 2 aromatic carbocycles. The summed E-state index contributed by atoms with van der Waals surface area (Å²) in [6.45, 7) is 7.33. The third-order valence-corrected chi connectivity index (χ3v) is 7.33. The maximum Gasteiger partial charge on any atom is 0.250 e. The molecule has 9 nitrogen and oxygen atoms in total. The van der Waals surface area contributed by atoms with E-state index in [1.165, 1.54) is 4.90 Å². The molecule has 0 spiro atoms. The first kappa shape index (κ1) is 31.8. The molecule has 0 unspecified atom stereocenters. The van der Waals surface area contributed by atoms with E-state index in [1.807, 2.05) is 63.2 Å². The van der Waals surface area contributed by atoms with Gasteiger partial charge in [-0.1, -0.05) is 74.8 Å². The van der Waals surface area contributed by atoms with Gasteiger partial charge in [0.05, 0.1) is 12.6 Å². The quantitative estimate of drug-likeness (QED) is 0.378. The summed E-state index contributed by atoms with van der Waals surface area (Å²) in [6, 6.07) is 14.9. The van der Waals surface area contributed by atoms with Gasteiger partial charge < -0.3 is 25.8 Å². The number of nitrogens with one attached hydrogen (secondary N) is 3. The average molecular weight is 582 g/mol. The Morgan fingerprint density at radius 3 is 2.22 bits per heavy atom. The summed E-state index contributed by atoms with van der Waals surface area (Å²) in [6.07, 6.45) is 4.16. The fourth-order valence-corrected chi connectivity index (χ4v) is 4.56. The van der Waals surface area contributed by atoms with Crippen LogP contribution in [0.5, 0.6) is 0 Å². The molecule has 1 heterocycles. The van der Waals surface area contributed by atoms with Crippen LogP contribution in [0, 0.1) is 5.41 Å². The van der Waals surface area contributed by atoms with Gasteiger partial charge in [-0.3, -0.25) is 19.2 Å². The predicted molar refractivity (Wildman–Crippen MR) is 160 cm³/mol. The Bertz CT molecular complexity index is 1240. The fraction of sp³-hybridized carbons (Fsp3) is 0.419. The number of nitrogens with zero attached hydrogens (tertiary/aromatic N) is 2. The highest BCUT2D eigenvalue weighted by atomic mass is 35.5. The minimum Gasteiger partial charge on any atom is -0.345 e. The summed E-state index contributed by atoms with van der Waals surface area (Å²) in [5, 5.41) is 8.87. The summed E-state index contributed by atoms with van der Waals surface area (Å²) in [5.41, 5.74) is 1.35. The summed E-state index contributed by atoms with van der Waals surface area (Å²) < 4.78 is 0. The van der Waals surface area contributed by atoms with Crippen molar-refractivity contribution in [2.45, 2.75) is 58.7 Å². The third kappa shape index (κ3) is 8.90. The molecule has 3 N–H and O–H groups in total. The predicted octanol–water partition coefficient (Wildman–Crippen LogP) is 2.89. The number of benzene rings is 2. The van der Waals surface area contributed by atoms with E-state index in [1.54, 1.807) is 43.4 Å². The van der Waals surface area contributed by atoms with Crippen LogP contribution in [0.15, 0.2) is 67.0 Å². The van der Waals surface area contributed by atoms with Crippen LogP contribution in [0.2, 0.25) is 5.02 Å². The first-order chi connectivity index (χ1) is 19.4. The van der Waals surface area contributed by atoms with Gasteiger partial charge in [-0.15, -0.1) is 0 Å². The molecule has 0 radical (unpaired) electrons. The molecule has 0 fully saturated rings. The summed E-state index contributed by atoms with van der Waals surface area (Å²) >= 11 is 6.05. The molecule has 1 aliphatic rings. The molecule has 3 rings (SSSR count). The smallest absolute Gasteiger partial charge is 0.250 e. The maximum absolute atomic E-state index is 13.6. The van der Waals surface area contributed by atoms with E-state index in [0.29, 0.717) is 18.0 Å². The third-order valence-electron chi connectivity index (χ3n) is 7.08. The summed E-state index contributed by atoms with van der Waals surface area (Å²) in [7, 11) is 1.66. The van der Waals surface area contributed by atoms with E-state index in [-0.39, 0.29) is 24.8 Å². The molecule has 0 saturated carbocycles. The zero-order valence-electron chi connectivity index (χ0n) is 24.3. The Kier molecular flexibility index (Phi) is 11.1. The van der Waals surface area contributed by atoms with Crippen LogP contribution in [0.1, 0.15) is 38.8 Å².